The monoisotopic (exact) mass is 244 g/mol. The molecule has 1 aliphatic heterocycles. The van der Waals surface area contributed by atoms with Crippen LogP contribution in [0.2, 0.25) is 0 Å². The summed E-state index contributed by atoms with van der Waals surface area (Å²) in [6.45, 7) is 8.15. The molecule has 0 spiro atoms. The molecule has 0 aromatic carbocycles. The number of hydrogen-bond acceptors (Lipinski definition) is 5. The molecular formula is C12H24N2O3. The van der Waals surface area contributed by atoms with E-state index in [2.05, 4.69) is 10.2 Å². The first kappa shape index (κ1) is 14.4. The Kier molecular flexibility index (Phi) is 5.88. The summed E-state index contributed by atoms with van der Waals surface area (Å²) in [6, 6.07) is 0. The predicted octanol–water partition coefficient (Wildman–Crippen LogP) is 0.250. The second-order valence-corrected chi connectivity index (χ2v) is 4.52. The minimum Gasteiger partial charge on any atom is -0.465 e. The van der Waals surface area contributed by atoms with Gasteiger partial charge in [0.05, 0.1) is 13.2 Å². The fraction of sp³-hybridized carbons (Fsp3) is 0.917. The molecule has 1 atom stereocenters. The quantitative estimate of drug-likeness (QED) is 0.703. The van der Waals surface area contributed by atoms with Gasteiger partial charge in [0, 0.05) is 26.7 Å². The highest BCUT2D eigenvalue weighted by Crippen LogP contribution is 2.19. The number of rotatable bonds is 5. The normalized spacial score (nSPS) is 21.6. The summed E-state index contributed by atoms with van der Waals surface area (Å²) in [6.07, 6.45) is 1.04. The number of nitrogens with one attached hydrogen (secondary N) is 1. The van der Waals surface area contributed by atoms with Crippen molar-refractivity contribution in [3.63, 3.8) is 0 Å². The van der Waals surface area contributed by atoms with Crippen LogP contribution in [0.1, 0.15) is 20.3 Å². The van der Waals surface area contributed by atoms with Crippen LogP contribution < -0.4 is 5.32 Å². The van der Waals surface area contributed by atoms with Crippen molar-refractivity contribution in [1.29, 1.82) is 0 Å². The van der Waals surface area contributed by atoms with Crippen molar-refractivity contribution in [3.05, 3.63) is 0 Å². The van der Waals surface area contributed by atoms with Gasteiger partial charge in [-0.05, 0) is 26.8 Å². The topological polar surface area (TPSA) is 50.8 Å². The van der Waals surface area contributed by atoms with Crippen LogP contribution in [0.4, 0.5) is 0 Å². The van der Waals surface area contributed by atoms with Crippen LogP contribution in [0.15, 0.2) is 0 Å². The van der Waals surface area contributed by atoms with Gasteiger partial charge < -0.3 is 14.8 Å². The third kappa shape index (κ3) is 3.66. The van der Waals surface area contributed by atoms with Crippen molar-refractivity contribution in [2.75, 3.05) is 46.5 Å². The van der Waals surface area contributed by atoms with Gasteiger partial charge in [0.15, 0.2) is 0 Å². The Labute approximate surface area is 103 Å². The molecule has 5 nitrogen and oxygen atoms in total. The number of ether oxygens (including phenoxy) is 2. The Bertz CT molecular complexity index is 240. The van der Waals surface area contributed by atoms with Crippen LogP contribution in [0.3, 0.4) is 0 Å². The lowest BCUT2D eigenvalue weighted by atomic mass is 10.0. The second-order valence-electron chi connectivity index (χ2n) is 4.52. The molecule has 1 saturated heterocycles. The molecule has 0 bridgehead atoms. The van der Waals surface area contributed by atoms with Gasteiger partial charge in [-0.1, -0.05) is 0 Å². The zero-order valence-corrected chi connectivity index (χ0v) is 11.1. The summed E-state index contributed by atoms with van der Waals surface area (Å²) < 4.78 is 10.4. The zero-order valence-electron chi connectivity index (χ0n) is 11.1. The molecule has 1 unspecified atom stereocenters. The SMILES string of the molecule is CCOC(=O)C(C)(COC)N1CCCNCC1. The van der Waals surface area contributed by atoms with Gasteiger partial charge in [-0.2, -0.15) is 0 Å². The largest absolute Gasteiger partial charge is 0.465 e. The summed E-state index contributed by atoms with van der Waals surface area (Å²) in [5.41, 5.74) is -0.670. The molecule has 0 amide bonds. The Morgan fingerprint density at radius 3 is 2.82 bits per heavy atom. The first-order chi connectivity index (χ1) is 8.15. The van der Waals surface area contributed by atoms with Gasteiger partial charge in [-0.15, -0.1) is 0 Å². The van der Waals surface area contributed by atoms with E-state index in [9.17, 15) is 4.79 Å². The lowest BCUT2D eigenvalue weighted by Gasteiger charge is -2.37. The van der Waals surface area contributed by atoms with Gasteiger partial charge >= 0.3 is 5.97 Å². The first-order valence-corrected chi connectivity index (χ1v) is 6.27. The van der Waals surface area contributed by atoms with Gasteiger partial charge in [-0.25, -0.2) is 4.79 Å². The van der Waals surface area contributed by atoms with E-state index in [1.165, 1.54) is 0 Å². The standard InChI is InChI=1S/C12H24N2O3/c1-4-17-11(15)12(2,10-16-3)14-8-5-6-13-7-9-14/h13H,4-10H2,1-3H3. The number of carbonyl (C=O) groups is 1. The molecule has 1 heterocycles. The highest BCUT2D eigenvalue weighted by molar-refractivity contribution is 5.80. The molecule has 0 saturated carbocycles. The number of esters is 1. The Morgan fingerprint density at radius 2 is 2.18 bits per heavy atom. The lowest BCUT2D eigenvalue weighted by molar-refractivity contribution is -0.160. The van der Waals surface area contributed by atoms with E-state index in [0.29, 0.717) is 13.2 Å². The maximum absolute atomic E-state index is 12.1. The van der Waals surface area contributed by atoms with Crippen LogP contribution in [-0.2, 0) is 14.3 Å². The van der Waals surface area contributed by atoms with E-state index < -0.39 is 5.54 Å². The first-order valence-electron chi connectivity index (χ1n) is 6.27. The molecule has 0 aliphatic carbocycles. The van der Waals surface area contributed by atoms with E-state index in [-0.39, 0.29) is 5.97 Å². The Morgan fingerprint density at radius 1 is 1.41 bits per heavy atom. The molecule has 1 aliphatic rings. The summed E-state index contributed by atoms with van der Waals surface area (Å²) >= 11 is 0. The maximum atomic E-state index is 12.1. The van der Waals surface area contributed by atoms with E-state index in [1.54, 1.807) is 7.11 Å². The molecule has 5 heteroatoms. The second kappa shape index (κ2) is 6.93. The van der Waals surface area contributed by atoms with Crippen LogP contribution in [0.25, 0.3) is 0 Å². The highest BCUT2D eigenvalue weighted by atomic mass is 16.5. The maximum Gasteiger partial charge on any atom is 0.328 e. The number of carbonyl (C=O) groups excluding carboxylic acids is 1. The molecule has 0 radical (unpaired) electrons. The van der Waals surface area contributed by atoms with Crippen molar-refractivity contribution < 1.29 is 14.3 Å². The fourth-order valence-corrected chi connectivity index (χ4v) is 2.19. The van der Waals surface area contributed by atoms with Crippen molar-refractivity contribution in [3.8, 4) is 0 Å². The smallest absolute Gasteiger partial charge is 0.328 e. The molecule has 17 heavy (non-hydrogen) atoms. The van der Waals surface area contributed by atoms with Crippen LogP contribution >= 0.6 is 0 Å². The molecule has 100 valence electrons. The van der Waals surface area contributed by atoms with Gasteiger partial charge in [0.25, 0.3) is 0 Å². The van der Waals surface area contributed by atoms with Crippen molar-refractivity contribution in [1.82, 2.24) is 10.2 Å². The number of hydrogen-bond donors (Lipinski definition) is 1. The third-order valence-corrected chi connectivity index (χ3v) is 3.18. The average Bonchev–Trinajstić information content (AvgIpc) is 2.58. The lowest BCUT2D eigenvalue weighted by Crippen LogP contribution is -2.57. The highest BCUT2D eigenvalue weighted by Gasteiger charge is 2.41. The van der Waals surface area contributed by atoms with Crippen molar-refractivity contribution in [2.24, 2.45) is 0 Å². The fourth-order valence-electron chi connectivity index (χ4n) is 2.19. The third-order valence-electron chi connectivity index (χ3n) is 3.18. The molecule has 1 rings (SSSR count). The van der Waals surface area contributed by atoms with Crippen molar-refractivity contribution >= 4 is 5.97 Å². The van der Waals surface area contributed by atoms with Crippen LogP contribution in [0.5, 0.6) is 0 Å². The van der Waals surface area contributed by atoms with E-state index >= 15 is 0 Å². The van der Waals surface area contributed by atoms with E-state index in [4.69, 9.17) is 9.47 Å². The summed E-state index contributed by atoms with van der Waals surface area (Å²) in [5, 5.41) is 3.33. The van der Waals surface area contributed by atoms with Gasteiger partial charge in [-0.3, -0.25) is 4.90 Å². The van der Waals surface area contributed by atoms with Crippen LogP contribution in [0, 0.1) is 0 Å². The summed E-state index contributed by atoms with van der Waals surface area (Å²) in [7, 11) is 1.62. The van der Waals surface area contributed by atoms with Crippen LogP contribution in [-0.4, -0.2) is 62.9 Å². The predicted molar refractivity (Wildman–Crippen MR) is 66.0 cm³/mol. The van der Waals surface area contributed by atoms with E-state index in [0.717, 1.165) is 32.6 Å². The number of methoxy groups -OCH3 is 1. The molecular weight excluding hydrogens is 220 g/mol. The Balaban J connectivity index is 2.76. The summed E-state index contributed by atoms with van der Waals surface area (Å²) in [4.78, 5) is 14.3. The van der Waals surface area contributed by atoms with Gasteiger partial charge in [0.2, 0.25) is 0 Å². The minimum atomic E-state index is -0.670. The van der Waals surface area contributed by atoms with Gasteiger partial charge in [0.1, 0.15) is 5.54 Å². The van der Waals surface area contributed by atoms with Crippen molar-refractivity contribution in [2.45, 2.75) is 25.8 Å². The molecule has 0 aromatic heterocycles. The molecule has 1 N–H and O–H groups in total. The zero-order chi connectivity index (χ0) is 12.7. The minimum absolute atomic E-state index is 0.191. The summed E-state index contributed by atoms with van der Waals surface area (Å²) in [5.74, 6) is -0.191. The van der Waals surface area contributed by atoms with E-state index in [1.807, 2.05) is 13.8 Å². The Hall–Kier alpha value is -0.650. The molecule has 0 aromatic rings. The molecule has 1 fully saturated rings. The number of nitrogens with zero attached hydrogens (tertiary/aromatic N) is 1. The average molecular weight is 244 g/mol.